The third-order valence-corrected chi connectivity index (χ3v) is 8.17. The van der Waals surface area contributed by atoms with Gasteiger partial charge in [0.15, 0.2) is 15.0 Å². The van der Waals surface area contributed by atoms with E-state index in [4.69, 9.17) is 4.74 Å². The van der Waals surface area contributed by atoms with Crippen molar-refractivity contribution in [3.8, 4) is 0 Å². The highest BCUT2D eigenvalue weighted by Gasteiger charge is 2.27. The average molecular weight is 492 g/mol. The minimum Gasteiger partial charge on any atom is -0.379 e. The molecule has 2 aromatic carbocycles. The Labute approximate surface area is 196 Å². The fourth-order valence-electron chi connectivity index (χ4n) is 3.71. The number of thiazole rings is 1. The van der Waals surface area contributed by atoms with Gasteiger partial charge < -0.3 is 4.74 Å². The maximum atomic E-state index is 13.2. The Balaban J connectivity index is 1.55. The van der Waals surface area contributed by atoms with Crippen molar-refractivity contribution < 1.29 is 22.3 Å². The van der Waals surface area contributed by atoms with Gasteiger partial charge in [-0.2, -0.15) is 0 Å². The summed E-state index contributed by atoms with van der Waals surface area (Å²) in [6.45, 7) is 6.18. The molecular weight excluding hydrogens is 465 g/mol. The first-order valence-electron chi connectivity index (χ1n) is 10.8. The van der Waals surface area contributed by atoms with E-state index in [-0.39, 0.29) is 4.90 Å². The van der Waals surface area contributed by atoms with Crippen molar-refractivity contribution in [2.45, 2.75) is 18.2 Å². The summed E-state index contributed by atoms with van der Waals surface area (Å²) in [7, 11) is -3.92. The van der Waals surface area contributed by atoms with E-state index in [9.17, 15) is 17.6 Å². The number of amides is 1. The zero-order valence-corrected chi connectivity index (χ0v) is 20.0. The monoisotopic (exact) mass is 491 g/mol. The number of anilines is 1. The van der Waals surface area contributed by atoms with Crippen LogP contribution >= 0.6 is 11.3 Å². The molecule has 0 bridgehead atoms. The maximum absolute atomic E-state index is 13.2. The predicted octanol–water partition coefficient (Wildman–Crippen LogP) is 3.27. The molecule has 7 nitrogen and oxygen atoms in total. The molecule has 1 aromatic heterocycles. The van der Waals surface area contributed by atoms with Crippen LogP contribution in [-0.4, -0.2) is 69.4 Å². The second-order valence-electron chi connectivity index (χ2n) is 8.03. The summed E-state index contributed by atoms with van der Waals surface area (Å²) in [6.07, 6.45) is 0.678. The Bertz CT molecular complexity index is 1220. The van der Waals surface area contributed by atoms with E-state index in [2.05, 4.69) is 9.88 Å². The minimum atomic E-state index is -3.92. The molecule has 33 heavy (non-hydrogen) atoms. The molecule has 1 saturated heterocycles. The predicted molar refractivity (Wildman–Crippen MR) is 127 cm³/mol. The number of aryl methyl sites for hydroxylation is 1. The normalized spacial score (nSPS) is 15.1. The summed E-state index contributed by atoms with van der Waals surface area (Å²) >= 11 is 1.37. The highest BCUT2D eigenvalue weighted by molar-refractivity contribution is 7.92. The van der Waals surface area contributed by atoms with Crippen LogP contribution in [0.25, 0.3) is 10.2 Å². The molecule has 176 valence electrons. The fourth-order valence-corrected chi connectivity index (χ4v) is 6.01. The lowest BCUT2D eigenvalue weighted by Gasteiger charge is -2.27. The van der Waals surface area contributed by atoms with E-state index in [0.29, 0.717) is 31.3 Å². The van der Waals surface area contributed by atoms with Crippen molar-refractivity contribution in [2.24, 2.45) is 0 Å². The number of sulfone groups is 1. The summed E-state index contributed by atoms with van der Waals surface area (Å²) < 4.78 is 45.2. The van der Waals surface area contributed by atoms with Gasteiger partial charge >= 0.3 is 0 Å². The third kappa shape index (κ3) is 5.94. The van der Waals surface area contributed by atoms with E-state index in [1.54, 1.807) is 0 Å². The van der Waals surface area contributed by atoms with Crippen molar-refractivity contribution in [1.29, 1.82) is 0 Å². The molecule has 10 heteroatoms. The first-order chi connectivity index (χ1) is 15.8. The number of benzene rings is 2. The van der Waals surface area contributed by atoms with E-state index >= 15 is 0 Å². The molecular formula is C23H26FN3O4S2. The van der Waals surface area contributed by atoms with E-state index < -0.39 is 27.3 Å². The number of ether oxygens (including phenoxy) is 1. The average Bonchev–Trinajstić information content (AvgIpc) is 3.20. The summed E-state index contributed by atoms with van der Waals surface area (Å²) in [5.74, 6) is -1.78. The summed E-state index contributed by atoms with van der Waals surface area (Å²) in [5, 5.41) is 0.483. The Morgan fingerprint density at radius 3 is 2.64 bits per heavy atom. The Kier molecular flexibility index (Phi) is 7.38. The number of halogens is 1. The molecule has 0 spiro atoms. The number of carbonyl (C=O) groups is 1. The molecule has 0 aliphatic carbocycles. The zero-order chi connectivity index (χ0) is 23.4. The van der Waals surface area contributed by atoms with E-state index in [0.717, 1.165) is 47.5 Å². The first-order valence-corrected chi connectivity index (χ1v) is 13.2. The lowest BCUT2D eigenvalue weighted by molar-refractivity contribution is -0.116. The Hall–Kier alpha value is -2.40. The second kappa shape index (κ2) is 10.3. The molecule has 1 aliphatic heterocycles. The van der Waals surface area contributed by atoms with Crippen molar-refractivity contribution in [2.75, 3.05) is 50.0 Å². The lowest BCUT2D eigenvalue weighted by atomic mass is 10.2. The van der Waals surface area contributed by atoms with Gasteiger partial charge in [-0.1, -0.05) is 17.4 Å². The molecule has 1 fully saturated rings. The van der Waals surface area contributed by atoms with Crippen molar-refractivity contribution >= 4 is 42.4 Å². The standard InChI is InChI=1S/C23H26FN3O4S2/c1-17-3-8-20-21(15-17)32-23(25-20)27(10-2-9-26-11-13-31-14-12-26)22(28)16-33(29,30)19-6-4-18(24)5-7-19/h3-8,15H,2,9-14,16H2,1H3. The highest BCUT2D eigenvalue weighted by atomic mass is 32.2. The number of morpholine rings is 1. The van der Waals surface area contributed by atoms with E-state index in [1.807, 2.05) is 25.1 Å². The summed E-state index contributed by atoms with van der Waals surface area (Å²) in [6, 6.07) is 10.4. The highest BCUT2D eigenvalue weighted by Crippen LogP contribution is 2.30. The molecule has 1 amide bonds. The number of hydrogen-bond donors (Lipinski definition) is 0. The van der Waals surface area contributed by atoms with Crippen LogP contribution in [0.4, 0.5) is 9.52 Å². The zero-order valence-electron chi connectivity index (χ0n) is 18.4. The van der Waals surface area contributed by atoms with Crippen molar-refractivity contribution in [1.82, 2.24) is 9.88 Å². The molecule has 0 N–H and O–H groups in total. The van der Waals surface area contributed by atoms with Gasteiger partial charge in [-0.15, -0.1) is 0 Å². The smallest absolute Gasteiger partial charge is 0.244 e. The number of nitrogens with zero attached hydrogens (tertiary/aromatic N) is 3. The largest absolute Gasteiger partial charge is 0.379 e. The van der Waals surface area contributed by atoms with Crippen LogP contribution in [0.3, 0.4) is 0 Å². The molecule has 2 heterocycles. The van der Waals surface area contributed by atoms with Crippen LogP contribution in [0.2, 0.25) is 0 Å². The molecule has 3 aromatic rings. The topological polar surface area (TPSA) is 79.8 Å². The molecule has 0 atom stereocenters. The van der Waals surface area contributed by atoms with Crippen LogP contribution in [-0.2, 0) is 19.4 Å². The van der Waals surface area contributed by atoms with Gasteiger partial charge in [0.2, 0.25) is 5.91 Å². The number of carbonyl (C=O) groups excluding carboxylic acids is 1. The molecule has 0 radical (unpaired) electrons. The van der Waals surface area contributed by atoms with Crippen LogP contribution < -0.4 is 4.90 Å². The van der Waals surface area contributed by atoms with E-state index in [1.165, 1.54) is 28.4 Å². The first kappa shape index (κ1) is 23.7. The van der Waals surface area contributed by atoms with Gasteiger partial charge in [-0.25, -0.2) is 17.8 Å². The lowest BCUT2D eigenvalue weighted by Crippen LogP contribution is -2.40. The summed E-state index contributed by atoms with van der Waals surface area (Å²) in [5.41, 5.74) is 1.86. The Morgan fingerprint density at radius 1 is 1.18 bits per heavy atom. The van der Waals surface area contributed by atoms with Gasteiger partial charge in [0.25, 0.3) is 0 Å². The summed E-state index contributed by atoms with van der Waals surface area (Å²) in [4.78, 5) is 21.5. The van der Waals surface area contributed by atoms with Gasteiger partial charge in [0.1, 0.15) is 11.6 Å². The van der Waals surface area contributed by atoms with Gasteiger partial charge in [0.05, 0.1) is 28.3 Å². The number of rotatable bonds is 8. The van der Waals surface area contributed by atoms with Gasteiger partial charge in [-0.05, 0) is 55.3 Å². The van der Waals surface area contributed by atoms with Crippen LogP contribution in [0.15, 0.2) is 47.4 Å². The molecule has 0 saturated carbocycles. The van der Waals surface area contributed by atoms with Crippen molar-refractivity contribution in [3.05, 3.63) is 53.8 Å². The number of hydrogen-bond acceptors (Lipinski definition) is 7. The van der Waals surface area contributed by atoms with Gasteiger partial charge in [0, 0.05) is 26.2 Å². The minimum absolute atomic E-state index is 0.0783. The molecule has 0 unspecified atom stereocenters. The second-order valence-corrected chi connectivity index (χ2v) is 11.0. The Morgan fingerprint density at radius 2 is 1.91 bits per heavy atom. The fraction of sp³-hybridized carbons (Fsp3) is 0.391. The van der Waals surface area contributed by atoms with Crippen LogP contribution in [0.1, 0.15) is 12.0 Å². The number of aromatic nitrogens is 1. The molecule has 4 rings (SSSR count). The SMILES string of the molecule is Cc1ccc2nc(N(CCCN3CCOCC3)C(=O)CS(=O)(=O)c3ccc(F)cc3)sc2c1. The van der Waals surface area contributed by atoms with Crippen molar-refractivity contribution in [3.63, 3.8) is 0 Å². The molecule has 1 aliphatic rings. The maximum Gasteiger partial charge on any atom is 0.244 e. The quantitative estimate of drug-likeness (QED) is 0.450. The van der Waals surface area contributed by atoms with Gasteiger partial charge in [-0.3, -0.25) is 14.6 Å². The third-order valence-electron chi connectivity index (χ3n) is 5.51. The van der Waals surface area contributed by atoms with Crippen LogP contribution in [0.5, 0.6) is 0 Å². The van der Waals surface area contributed by atoms with Crippen LogP contribution in [0, 0.1) is 12.7 Å². The number of fused-ring (bicyclic) bond motifs is 1.